The van der Waals surface area contributed by atoms with E-state index in [2.05, 4.69) is 6.07 Å². The van der Waals surface area contributed by atoms with Gasteiger partial charge in [0.2, 0.25) is 0 Å². The fourth-order valence-electron chi connectivity index (χ4n) is 5.93. The first-order valence-corrected chi connectivity index (χ1v) is 11.9. The molecule has 0 aromatic heterocycles. The number of halogens is 2. The molecular weight excluding hydrogens is 462 g/mol. The fourth-order valence-corrected chi connectivity index (χ4v) is 5.93. The van der Waals surface area contributed by atoms with Gasteiger partial charge in [-0.3, -0.25) is 0 Å². The maximum absolute atomic E-state index is 14.3. The minimum Gasteiger partial charge on any atom is -0.465 e. The van der Waals surface area contributed by atoms with E-state index in [1.165, 1.54) is 17.0 Å². The molecule has 1 saturated heterocycles. The van der Waals surface area contributed by atoms with Crippen molar-refractivity contribution < 1.29 is 23.4 Å². The van der Waals surface area contributed by atoms with Crippen molar-refractivity contribution in [3.8, 4) is 17.2 Å². The minimum atomic E-state index is -1.02. The van der Waals surface area contributed by atoms with Crippen molar-refractivity contribution in [3.63, 3.8) is 0 Å². The van der Waals surface area contributed by atoms with E-state index in [1.54, 1.807) is 0 Å². The highest BCUT2D eigenvalue weighted by Gasteiger charge is 2.51. The molecule has 0 saturated carbocycles. The lowest BCUT2D eigenvalue weighted by Gasteiger charge is -2.45. The van der Waals surface area contributed by atoms with Crippen molar-refractivity contribution in [1.29, 1.82) is 5.26 Å². The van der Waals surface area contributed by atoms with E-state index in [0.29, 0.717) is 24.0 Å². The SMILES string of the molecule is Cc1cc(-c2c(C)cccc2CC#N)ccc1[C@H]1CN(C(=O)O)CC[C@@]12OCc1cc(F)c(F)cc12. The molecule has 0 radical (unpaired) electrons. The van der Waals surface area contributed by atoms with E-state index in [9.17, 15) is 23.9 Å². The third-order valence-corrected chi connectivity index (χ3v) is 7.64. The summed E-state index contributed by atoms with van der Waals surface area (Å²) in [6, 6.07) is 16.5. The van der Waals surface area contributed by atoms with Crippen molar-refractivity contribution in [2.75, 3.05) is 13.1 Å². The third-order valence-electron chi connectivity index (χ3n) is 7.64. The number of fused-ring (bicyclic) bond motifs is 2. The zero-order valence-corrected chi connectivity index (χ0v) is 20.1. The Kier molecular flexibility index (Phi) is 6.01. The largest absolute Gasteiger partial charge is 0.465 e. The quantitative estimate of drug-likeness (QED) is 0.476. The number of ether oxygens (including phenoxy) is 1. The fraction of sp³-hybridized carbons (Fsp3) is 0.310. The van der Waals surface area contributed by atoms with E-state index in [1.807, 2.05) is 50.2 Å². The molecule has 2 aliphatic heterocycles. The molecule has 3 aromatic carbocycles. The van der Waals surface area contributed by atoms with Gasteiger partial charge >= 0.3 is 6.09 Å². The van der Waals surface area contributed by atoms with Crippen LogP contribution in [0.25, 0.3) is 11.1 Å². The molecule has 3 aromatic rings. The molecule has 0 aliphatic carbocycles. The van der Waals surface area contributed by atoms with Gasteiger partial charge in [-0.25, -0.2) is 13.6 Å². The summed E-state index contributed by atoms with van der Waals surface area (Å²) in [6.45, 7) is 4.54. The first-order chi connectivity index (χ1) is 17.2. The van der Waals surface area contributed by atoms with Crippen LogP contribution in [0.4, 0.5) is 13.6 Å². The smallest absolute Gasteiger partial charge is 0.407 e. The maximum Gasteiger partial charge on any atom is 0.407 e. The van der Waals surface area contributed by atoms with Crippen molar-refractivity contribution in [3.05, 3.63) is 93.5 Å². The molecule has 1 N–H and O–H groups in total. The summed E-state index contributed by atoms with van der Waals surface area (Å²) in [5.74, 6) is -2.26. The first kappa shape index (κ1) is 24.0. The van der Waals surface area contributed by atoms with Gasteiger partial charge < -0.3 is 14.7 Å². The summed E-state index contributed by atoms with van der Waals surface area (Å²) in [7, 11) is 0. The van der Waals surface area contributed by atoms with Gasteiger partial charge in [0, 0.05) is 19.0 Å². The highest BCUT2D eigenvalue weighted by Crippen LogP contribution is 2.52. The number of piperidine rings is 1. The molecule has 184 valence electrons. The summed E-state index contributed by atoms with van der Waals surface area (Å²) in [6.07, 6.45) is -0.384. The molecule has 1 fully saturated rings. The summed E-state index contributed by atoms with van der Waals surface area (Å²) in [4.78, 5) is 13.2. The molecule has 1 amide bonds. The third kappa shape index (κ3) is 3.82. The van der Waals surface area contributed by atoms with Gasteiger partial charge in [0.1, 0.15) is 5.60 Å². The monoisotopic (exact) mass is 488 g/mol. The van der Waals surface area contributed by atoms with Crippen molar-refractivity contribution >= 4 is 6.09 Å². The Morgan fingerprint density at radius 2 is 1.94 bits per heavy atom. The normalized spacial score (nSPS) is 20.9. The predicted octanol–water partition coefficient (Wildman–Crippen LogP) is 6.21. The number of nitrogens with zero attached hydrogens (tertiary/aromatic N) is 2. The number of hydrogen-bond acceptors (Lipinski definition) is 3. The van der Waals surface area contributed by atoms with Crippen LogP contribution in [0.3, 0.4) is 0 Å². The Morgan fingerprint density at radius 1 is 1.17 bits per heavy atom. The van der Waals surface area contributed by atoms with Gasteiger partial charge in [-0.2, -0.15) is 5.26 Å². The number of amides is 1. The molecule has 5 nitrogen and oxygen atoms in total. The van der Waals surface area contributed by atoms with Crippen LogP contribution in [-0.4, -0.2) is 29.2 Å². The minimum absolute atomic E-state index is 0.147. The van der Waals surface area contributed by atoms with Crippen LogP contribution in [0.15, 0.2) is 48.5 Å². The number of carboxylic acid groups (broad SMARTS) is 1. The Labute approximate surface area is 208 Å². The zero-order chi connectivity index (χ0) is 25.6. The van der Waals surface area contributed by atoms with Crippen molar-refractivity contribution in [1.82, 2.24) is 4.90 Å². The Balaban J connectivity index is 1.62. The molecule has 2 aliphatic rings. The zero-order valence-electron chi connectivity index (χ0n) is 20.1. The molecule has 1 spiro atoms. The molecule has 2 heterocycles. The van der Waals surface area contributed by atoms with Gasteiger partial charge in [0.25, 0.3) is 0 Å². The van der Waals surface area contributed by atoms with Gasteiger partial charge in [-0.15, -0.1) is 0 Å². The molecule has 0 unspecified atom stereocenters. The molecule has 7 heteroatoms. The highest BCUT2D eigenvalue weighted by atomic mass is 19.2. The van der Waals surface area contributed by atoms with Crippen LogP contribution in [0, 0.1) is 36.8 Å². The molecule has 5 rings (SSSR count). The molecular formula is C29H26F2N2O3. The van der Waals surface area contributed by atoms with Gasteiger partial charge in [0.15, 0.2) is 11.6 Å². The molecule has 36 heavy (non-hydrogen) atoms. The van der Waals surface area contributed by atoms with Crippen LogP contribution in [0.1, 0.15) is 45.7 Å². The number of hydrogen-bond donors (Lipinski definition) is 1. The number of aryl methyl sites for hydroxylation is 2. The average Bonchev–Trinajstić information content (AvgIpc) is 3.17. The van der Waals surface area contributed by atoms with Gasteiger partial charge in [-0.1, -0.05) is 36.4 Å². The maximum atomic E-state index is 14.3. The van der Waals surface area contributed by atoms with Gasteiger partial charge in [-0.05, 0) is 76.9 Å². The van der Waals surface area contributed by atoms with Crippen LogP contribution in [0.5, 0.6) is 0 Å². The van der Waals surface area contributed by atoms with E-state index < -0.39 is 29.2 Å². The second kappa shape index (κ2) is 9.03. The predicted molar refractivity (Wildman–Crippen MR) is 130 cm³/mol. The number of likely N-dealkylation sites (tertiary alicyclic amines) is 1. The standard InChI is InChI=1S/C29H26F2N2O3/c1-17-4-3-5-19(8-10-32)27(17)20-6-7-22(18(2)12-20)24-15-33(28(34)35)11-9-29(24)23-14-26(31)25(30)13-21(23)16-36-29/h3-7,12-14,24H,8-9,11,15-16H2,1-2H3,(H,34,35)/t24-,29+/m1/s1. The topological polar surface area (TPSA) is 73.6 Å². The lowest BCUT2D eigenvalue weighted by atomic mass is 9.71. The Bertz CT molecular complexity index is 1410. The number of benzene rings is 3. The van der Waals surface area contributed by atoms with Crippen LogP contribution in [-0.2, 0) is 23.4 Å². The summed E-state index contributed by atoms with van der Waals surface area (Å²) >= 11 is 0. The molecule has 2 atom stereocenters. The lowest BCUT2D eigenvalue weighted by Crippen LogP contribution is -2.50. The van der Waals surface area contributed by atoms with Crippen LogP contribution < -0.4 is 0 Å². The van der Waals surface area contributed by atoms with Crippen LogP contribution >= 0.6 is 0 Å². The number of nitriles is 1. The van der Waals surface area contributed by atoms with E-state index in [4.69, 9.17) is 4.74 Å². The van der Waals surface area contributed by atoms with Gasteiger partial charge in [0.05, 0.1) is 19.1 Å². The van der Waals surface area contributed by atoms with E-state index in [-0.39, 0.29) is 19.7 Å². The van der Waals surface area contributed by atoms with Crippen molar-refractivity contribution in [2.45, 2.75) is 44.8 Å². The summed E-state index contributed by atoms with van der Waals surface area (Å²) in [5, 5.41) is 19.0. The lowest BCUT2D eigenvalue weighted by molar-refractivity contribution is -0.0916. The Hall–Kier alpha value is -3.76. The van der Waals surface area contributed by atoms with Crippen LogP contribution in [0.2, 0.25) is 0 Å². The summed E-state index contributed by atoms with van der Waals surface area (Å²) in [5.41, 5.74) is 6.07. The second-order valence-corrected chi connectivity index (χ2v) is 9.65. The number of rotatable bonds is 3. The second-order valence-electron chi connectivity index (χ2n) is 9.65. The van der Waals surface area contributed by atoms with Crippen molar-refractivity contribution in [2.24, 2.45) is 0 Å². The number of carbonyl (C=O) groups is 1. The Morgan fingerprint density at radius 3 is 2.67 bits per heavy atom. The first-order valence-electron chi connectivity index (χ1n) is 11.9. The summed E-state index contributed by atoms with van der Waals surface area (Å²) < 4.78 is 34.6. The highest BCUT2D eigenvalue weighted by molar-refractivity contribution is 5.72. The van der Waals surface area contributed by atoms with E-state index in [0.717, 1.165) is 33.4 Å². The average molecular weight is 489 g/mol. The van der Waals surface area contributed by atoms with E-state index >= 15 is 0 Å². The molecule has 0 bridgehead atoms.